The molecule has 2 aromatic rings. The fraction of sp³-hybridized carbons (Fsp3) is 0.143. The quantitative estimate of drug-likeness (QED) is 0.862. The van der Waals surface area contributed by atoms with Gasteiger partial charge in [-0.1, -0.05) is 29.8 Å². The average Bonchev–Trinajstić information content (AvgIpc) is 2.39. The summed E-state index contributed by atoms with van der Waals surface area (Å²) in [7, 11) is -1.19. The van der Waals surface area contributed by atoms with Crippen LogP contribution in [0.1, 0.15) is 0 Å². The van der Waals surface area contributed by atoms with Crippen molar-refractivity contribution < 1.29 is 8.95 Å². The Hall–Kier alpha value is -1.52. The Morgan fingerprint density at radius 3 is 2.58 bits per heavy atom. The smallest absolute Gasteiger partial charge is 0.119 e. The summed E-state index contributed by atoms with van der Waals surface area (Å²) in [5.74, 6) is 1.15. The largest absolute Gasteiger partial charge is 0.493 e. The average molecular weight is 296 g/mol. The van der Waals surface area contributed by atoms with Crippen LogP contribution in [-0.4, -0.2) is 16.6 Å². The number of para-hydroxylation sites is 1. The van der Waals surface area contributed by atoms with Gasteiger partial charge in [0.1, 0.15) is 12.4 Å². The summed E-state index contributed by atoms with van der Waals surface area (Å²) in [4.78, 5) is 0.590. The van der Waals surface area contributed by atoms with E-state index >= 15 is 0 Å². The lowest BCUT2D eigenvalue weighted by atomic mass is 10.3. The molecule has 0 saturated carbocycles. The summed E-state index contributed by atoms with van der Waals surface area (Å²) in [6, 6.07) is 14.4. The highest BCUT2D eigenvalue weighted by Gasteiger charge is 2.09. The van der Waals surface area contributed by atoms with Gasteiger partial charge in [0.05, 0.1) is 26.5 Å². The van der Waals surface area contributed by atoms with Gasteiger partial charge in [0.25, 0.3) is 0 Å². The molecule has 0 spiro atoms. The normalized spacial score (nSPS) is 12.1. The summed E-state index contributed by atoms with van der Waals surface area (Å²) in [5, 5.41) is 0.429. The second-order valence-corrected chi connectivity index (χ2v) is 5.85. The van der Waals surface area contributed by atoms with Crippen LogP contribution >= 0.6 is 11.6 Å². The summed E-state index contributed by atoms with van der Waals surface area (Å²) in [6.07, 6.45) is 0. The lowest BCUT2D eigenvalue weighted by Gasteiger charge is -2.07. The Balaban J connectivity index is 1.91. The first-order valence-electron chi connectivity index (χ1n) is 5.78. The maximum Gasteiger partial charge on any atom is 0.119 e. The maximum absolute atomic E-state index is 12.1. The van der Waals surface area contributed by atoms with E-state index in [9.17, 15) is 4.21 Å². The van der Waals surface area contributed by atoms with Crippen LogP contribution in [0.3, 0.4) is 0 Å². The molecule has 0 amide bonds. The fourth-order valence-corrected chi connectivity index (χ4v) is 2.96. The van der Waals surface area contributed by atoms with Crippen LogP contribution in [0.15, 0.2) is 53.4 Å². The van der Waals surface area contributed by atoms with Gasteiger partial charge in [-0.25, -0.2) is 0 Å². The first-order valence-corrected chi connectivity index (χ1v) is 7.48. The van der Waals surface area contributed by atoms with E-state index in [0.717, 1.165) is 5.75 Å². The van der Waals surface area contributed by atoms with Crippen LogP contribution in [0.2, 0.25) is 5.02 Å². The number of nitrogen functional groups attached to an aromatic ring is 1. The van der Waals surface area contributed by atoms with Gasteiger partial charge in [-0.3, -0.25) is 4.21 Å². The van der Waals surface area contributed by atoms with Crippen LogP contribution < -0.4 is 10.5 Å². The highest BCUT2D eigenvalue weighted by molar-refractivity contribution is 7.85. The van der Waals surface area contributed by atoms with Gasteiger partial charge in [0.15, 0.2) is 0 Å². The van der Waals surface area contributed by atoms with Crippen LogP contribution in [-0.2, 0) is 10.8 Å². The van der Waals surface area contributed by atoms with Crippen molar-refractivity contribution in [2.75, 3.05) is 18.1 Å². The monoisotopic (exact) mass is 295 g/mol. The van der Waals surface area contributed by atoms with Crippen molar-refractivity contribution in [1.82, 2.24) is 0 Å². The topological polar surface area (TPSA) is 52.3 Å². The standard InChI is InChI=1S/C14H14ClNO2S/c15-13-10-11(16)6-7-14(13)19(17)9-8-18-12-4-2-1-3-5-12/h1-7,10H,8-9,16H2. The van der Waals surface area contributed by atoms with Crippen molar-refractivity contribution >= 4 is 28.1 Å². The molecule has 2 N–H and O–H groups in total. The summed E-state index contributed by atoms with van der Waals surface area (Å²) in [5.41, 5.74) is 6.16. The van der Waals surface area contributed by atoms with Gasteiger partial charge in [-0.2, -0.15) is 0 Å². The minimum atomic E-state index is -1.19. The Kier molecular flexibility index (Phi) is 4.82. The van der Waals surface area contributed by atoms with Gasteiger partial charge in [0.2, 0.25) is 0 Å². The van der Waals surface area contributed by atoms with Crippen LogP contribution in [0.5, 0.6) is 5.75 Å². The maximum atomic E-state index is 12.1. The van der Waals surface area contributed by atoms with Crippen LogP contribution in [0, 0.1) is 0 Å². The molecular formula is C14H14ClNO2S. The molecule has 3 nitrogen and oxygen atoms in total. The van der Waals surface area contributed by atoms with Crippen molar-refractivity contribution in [3.05, 3.63) is 53.6 Å². The molecule has 19 heavy (non-hydrogen) atoms. The Morgan fingerprint density at radius 1 is 1.16 bits per heavy atom. The third-order valence-corrected chi connectivity index (χ3v) is 4.29. The third-order valence-electron chi connectivity index (χ3n) is 2.48. The van der Waals surface area contributed by atoms with E-state index in [1.165, 1.54) is 0 Å². The number of halogens is 1. The van der Waals surface area contributed by atoms with Gasteiger partial charge >= 0.3 is 0 Å². The molecule has 1 atom stereocenters. The second kappa shape index (κ2) is 6.59. The van der Waals surface area contributed by atoms with Crippen molar-refractivity contribution in [3.63, 3.8) is 0 Å². The molecular weight excluding hydrogens is 282 g/mol. The predicted molar refractivity (Wildman–Crippen MR) is 79.1 cm³/mol. The zero-order valence-corrected chi connectivity index (χ0v) is 11.8. The first kappa shape index (κ1) is 13.9. The molecule has 0 bridgehead atoms. The molecule has 0 aliphatic rings. The van der Waals surface area contributed by atoms with Crippen molar-refractivity contribution in [2.24, 2.45) is 0 Å². The molecule has 0 heterocycles. The van der Waals surface area contributed by atoms with Crippen molar-refractivity contribution in [3.8, 4) is 5.75 Å². The second-order valence-electron chi connectivity index (χ2n) is 3.90. The van der Waals surface area contributed by atoms with Crippen molar-refractivity contribution in [2.45, 2.75) is 4.90 Å². The first-order chi connectivity index (χ1) is 9.16. The molecule has 0 aromatic heterocycles. The number of rotatable bonds is 5. The number of ether oxygens (including phenoxy) is 1. The number of nitrogens with two attached hydrogens (primary N) is 1. The van der Waals surface area contributed by atoms with E-state index in [-0.39, 0.29) is 0 Å². The number of hydrogen-bond donors (Lipinski definition) is 1. The zero-order chi connectivity index (χ0) is 13.7. The zero-order valence-electron chi connectivity index (χ0n) is 10.2. The number of anilines is 1. The van der Waals surface area contributed by atoms with E-state index in [2.05, 4.69) is 0 Å². The molecule has 100 valence electrons. The molecule has 0 fully saturated rings. The van der Waals surface area contributed by atoms with Crippen molar-refractivity contribution in [1.29, 1.82) is 0 Å². The Morgan fingerprint density at radius 2 is 1.89 bits per heavy atom. The number of hydrogen-bond acceptors (Lipinski definition) is 3. The third kappa shape index (κ3) is 3.98. The Labute approximate surface area is 119 Å². The van der Waals surface area contributed by atoms with E-state index in [1.54, 1.807) is 18.2 Å². The minimum Gasteiger partial charge on any atom is -0.493 e. The number of benzene rings is 2. The fourth-order valence-electron chi connectivity index (χ4n) is 1.56. The van der Waals surface area contributed by atoms with E-state index < -0.39 is 10.8 Å². The lowest BCUT2D eigenvalue weighted by molar-refractivity contribution is 0.342. The molecule has 2 rings (SSSR count). The molecule has 0 radical (unpaired) electrons. The molecule has 2 aromatic carbocycles. The molecule has 1 unspecified atom stereocenters. The highest BCUT2D eigenvalue weighted by atomic mass is 35.5. The summed E-state index contributed by atoms with van der Waals surface area (Å²) < 4.78 is 17.6. The predicted octanol–water partition coefficient (Wildman–Crippen LogP) is 3.11. The molecule has 0 saturated heterocycles. The molecule has 0 aliphatic carbocycles. The highest BCUT2D eigenvalue weighted by Crippen LogP contribution is 2.22. The molecule has 0 aliphatic heterocycles. The SMILES string of the molecule is Nc1ccc(S(=O)CCOc2ccccc2)c(Cl)c1. The van der Waals surface area contributed by atoms with E-state index in [4.69, 9.17) is 22.1 Å². The van der Waals surface area contributed by atoms with Gasteiger partial charge < -0.3 is 10.5 Å². The Bertz CT molecular complexity index is 575. The van der Waals surface area contributed by atoms with Crippen LogP contribution in [0.4, 0.5) is 5.69 Å². The van der Waals surface area contributed by atoms with E-state index in [1.807, 2.05) is 30.3 Å². The molecule has 5 heteroatoms. The van der Waals surface area contributed by atoms with Gasteiger partial charge in [0, 0.05) is 5.69 Å². The van der Waals surface area contributed by atoms with Crippen LogP contribution in [0.25, 0.3) is 0 Å². The lowest BCUT2D eigenvalue weighted by Crippen LogP contribution is -2.09. The minimum absolute atomic E-state index is 0.372. The summed E-state index contributed by atoms with van der Waals surface area (Å²) >= 11 is 6.01. The van der Waals surface area contributed by atoms with Gasteiger partial charge in [-0.05, 0) is 30.3 Å². The van der Waals surface area contributed by atoms with Gasteiger partial charge in [-0.15, -0.1) is 0 Å². The summed E-state index contributed by atoms with van der Waals surface area (Å²) in [6.45, 7) is 0.372. The van der Waals surface area contributed by atoms with E-state index in [0.29, 0.717) is 28.0 Å².